The zero-order chi connectivity index (χ0) is 36.2. The van der Waals surface area contributed by atoms with Gasteiger partial charge < -0.3 is 44.2 Å². The van der Waals surface area contributed by atoms with Crippen molar-refractivity contribution in [3.63, 3.8) is 0 Å². The Bertz CT molecular complexity index is 1620. The summed E-state index contributed by atoms with van der Waals surface area (Å²) >= 11 is 0. The topological polar surface area (TPSA) is 167 Å². The van der Waals surface area contributed by atoms with Crippen LogP contribution in [0.25, 0.3) is 0 Å². The summed E-state index contributed by atoms with van der Waals surface area (Å²) in [6.07, 6.45) is 2.39. The molecule has 1 saturated carbocycles. The van der Waals surface area contributed by atoms with E-state index >= 15 is 0 Å². The van der Waals surface area contributed by atoms with Crippen LogP contribution < -0.4 is 19.9 Å². The van der Waals surface area contributed by atoms with Crippen molar-refractivity contribution in [2.24, 2.45) is 17.3 Å². The lowest BCUT2D eigenvalue weighted by Crippen LogP contribution is -2.61. The van der Waals surface area contributed by atoms with Crippen molar-refractivity contribution in [2.45, 2.75) is 94.6 Å². The molecule has 0 radical (unpaired) electrons. The van der Waals surface area contributed by atoms with E-state index in [1.54, 1.807) is 6.07 Å². The van der Waals surface area contributed by atoms with Gasteiger partial charge in [-0.1, -0.05) is 57.0 Å². The molecule has 3 fully saturated rings. The monoisotopic (exact) mass is 728 g/mol. The molecule has 0 spiro atoms. The zero-order valence-electron chi connectivity index (χ0n) is 29.4. The van der Waals surface area contributed by atoms with Gasteiger partial charge >= 0.3 is 0 Å². The highest BCUT2D eigenvalue weighted by Crippen LogP contribution is 2.38. The lowest BCUT2D eigenvalue weighted by Gasteiger charge is -2.43. The van der Waals surface area contributed by atoms with Gasteiger partial charge in [-0.05, 0) is 61.6 Å². The first-order valence-electron chi connectivity index (χ1n) is 18.0. The third-order valence-electron chi connectivity index (χ3n) is 10.7. The first kappa shape index (κ1) is 37.3. The Morgan fingerprint density at radius 2 is 1.80 bits per heavy atom. The highest BCUT2D eigenvalue weighted by molar-refractivity contribution is 7.89. The molecule has 2 saturated heterocycles. The van der Waals surface area contributed by atoms with E-state index in [0.29, 0.717) is 37.5 Å². The van der Waals surface area contributed by atoms with Gasteiger partial charge in [0, 0.05) is 37.5 Å². The van der Waals surface area contributed by atoms with Crippen LogP contribution in [0.1, 0.15) is 64.4 Å². The van der Waals surface area contributed by atoms with E-state index in [1.807, 2.05) is 44.2 Å². The van der Waals surface area contributed by atoms with Gasteiger partial charge in [0.2, 0.25) is 22.7 Å². The Balaban J connectivity index is 1.24. The molecule has 2 amide bonds. The van der Waals surface area contributed by atoms with Gasteiger partial charge in [0.15, 0.2) is 17.8 Å². The average Bonchev–Trinajstić information content (AvgIpc) is 3.82. The molecule has 0 aromatic heterocycles. The van der Waals surface area contributed by atoms with Crippen LogP contribution in [0, 0.1) is 17.3 Å². The summed E-state index contributed by atoms with van der Waals surface area (Å²) in [4.78, 5) is 26.3. The fraction of sp³-hybridized carbons (Fsp3) is 0.622. The fourth-order valence-corrected chi connectivity index (χ4v) is 9.26. The molecule has 13 nitrogen and oxygen atoms in total. The van der Waals surface area contributed by atoms with E-state index in [2.05, 4.69) is 5.32 Å². The van der Waals surface area contributed by atoms with Gasteiger partial charge in [-0.2, -0.15) is 4.31 Å². The van der Waals surface area contributed by atoms with Crippen molar-refractivity contribution in [1.82, 2.24) is 14.5 Å². The number of aliphatic hydroxyl groups excluding tert-OH is 1. The smallest absolute Gasteiger partial charge is 0.243 e. The van der Waals surface area contributed by atoms with Crippen LogP contribution in [0.2, 0.25) is 0 Å². The Labute approximate surface area is 300 Å². The summed E-state index contributed by atoms with van der Waals surface area (Å²) in [6.45, 7) is 4.66. The number of hydrogen-bond acceptors (Lipinski definition) is 10. The molecule has 5 atom stereocenters. The Morgan fingerprint density at radius 3 is 2.53 bits per heavy atom. The minimum absolute atomic E-state index is 0.0204. The van der Waals surface area contributed by atoms with Gasteiger partial charge in [0.05, 0.1) is 36.3 Å². The molecular weight excluding hydrogens is 678 g/mol. The molecule has 2 N–H and O–H groups in total. The first-order chi connectivity index (χ1) is 24.4. The van der Waals surface area contributed by atoms with E-state index in [0.717, 1.165) is 42.6 Å². The number of carbonyl (C=O) groups excluding carboxylic acids is 2. The molecule has 4 aliphatic rings. The summed E-state index contributed by atoms with van der Waals surface area (Å²) in [7, 11) is -4.23. The number of hydrogen-bond donors (Lipinski definition) is 2. The summed E-state index contributed by atoms with van der Waals surface area (Å²) < 4.78 is 52.6. The van der Waals surface area contributed by atoms with Crippen molar-refractivity contribution in [2.75, 3.05) is 39.6 Å². The van der Waals surface area contributed by atoms with Gasteiger partial charge in [-0.3, -0.25) is 4.79 Å². The molecule has 2 aromatic rings. The van der Waals surface area contributed by atoms with E-state index in [9.17, 15) is 28.2 Å². The predicted octanol–water partition coefficient (Wildman–Crippen LogP) is 2.90. The van der Waals surface area contributed by atoms with Crippen LogP contribution in [0.4, 0.5) is 4.79 Å². The Morgan fingerprint density at radius 1 is 1.04 bits per heavy atom. The molecule has 1 aliphatic carbocycles. The quantitative estimate of drug-likeness (QED) is 0.231. The fourth-order valence-electron chi connectivity index (χ4n) is 7.60. The maximum Gasteiger partial charge on any atom is 0.243 e. The van der Waals surface area contributed by atoms with Crippen LogP contribution in [0.3, 0.4) is 0 Å². The second-order valence-electron chi connectivity index (χ2n) is 14.9. The van der Waals surface area contributed by atoms with E-state index in [1.165, 1.54) is 16.4 Å². The summed E-state index contributed by atoms with van der Waals surface area (Å²) in [6, 6.07) is 11.9. The van der Waals surface area contributed by atoms with Crippen molar-refractivity contribution in [1.29, 1.82) is 0 Å². The Kier molecular flexibility index (Phi) is 11.8. The predicted molar refractivity (Wildman–Crippen MR) is 184 cm³/mol. The maximum atomic E-state index is 14.5. The summed E-state index contributed by atoms with van der Waals surface area (Å²) in [5.74, 6) is 0.728. The minimum Gasteiger partial charge on any atom is -0.530 e. The number of benzene rings is 2. The molecule has 6 rings (SSSR count). The van der Waals surface area contributed by atoms with E-state index in [4.69, 9.17) is 18.9 Å². The van der Waals surface area contributed by atoms with Crippen molar-refractivity contribution in [3.05, 3.63) is 54.1 Å². The highest BCUT2D eigenvalue weighted by atomic mass is 32.2. The molecule has 2 aromatic carbocycles. The molecule has 51 heavy (non-hydrogen) atoms. The Hall–Kier alpha value is -3.43. The molecule has 3 aliphatic heterocycles. The number of aliphatic hydroxyl groups is 1. The number of amides is 2. The summed E-state index contributed by atoms with van der Waals surface area (Å²) in [5.41, 5.74) is 0.235. The third-order valence-corrected chi connectivity index (χ3v) is 12.5. The molecule has 280 valence electrons. The molecular formula is C37H50N3O10S-. The standard InChI is InChI=1S/C37H51N3O10S/c1-37(2,16-6-7-17-38-34(42)26-11-8-12-26)23-39(51(45,46)27-13-14-32-33(20-27)50-24-49-32)21-31(41)29(19-25-9-4-3-5-10-25)40(36(43)44)30-22-48-35-28(30)15-18-47-35/h3-5,9-10,13-14,20,26,28-31,35,41H,6-8,11-12,15-19,21-24H2,1-2H3,(H,38,42)(H,43,44)/p-1/t28-,29-,30-,31+,35+/m0/s1. The minimum atomic E-state index is -4.23. The van der Waals surface area contributed by atoms with Crippen LogP contribution in [-0.4, -0.2) is 98.8 Å². The van der Waals surface area contributed by atoms with Crippen molar-refractivity contribution >= 4 is 22.0 Å². The summed E-state index contributed by atoms with van der Waals surface area (Å²) in [5, 5.41) is 28.1. The van der Waals surface area contributed by atoms with Gasteiger partial charge in [0.25, 0.3) is 0 Å². The van der Waals surface area contributed by atoms with Crippen LogP contribution in [0.5, 0.6) is 11.5 Å². The SMILES string of the molecule is CC(C)(CCCCNC(=O)C1CCC1)CN(C[C@@H](O)[C@H](Cc1ccccc1)N(C(=O)[O-])[C@H]1CO[C@H]2OCC[C@H]21)S(=O)(=O)c1ccc2c(c1)OCO2. The number of unbranched alkanes of at least 4 members (excludes halogenated alkanes) is 1. The number of ether oxygens (including phenoxy) is 4. The number of sulfonamides is 1. The second-order valence-corrected chi connectivity index (χ2v) is 16.9. The number of fused-ring (bicyclic) bond motifs is 2. The van der Waals surface area contributed by atoms with Crippen LogP contribution in [-0.2, 0) is 30.7 Å². The largest absolute Gasteiger partial charge is 0.530 e. The number of carboxylic acid groups (broad SMARTS) is 1. The van der Waals surface area contributed by atoms with E-state index < -0.39 is 46.0 Å². The van der Waals surface area contributed by atoms with Crippen molar-refractivity contribution in [3.8, 4) is 11.5 Å². The normalized spacial score (nSPS) is 22.7. The van der Waals surface area contributed by atoms with Gasteiger partial charge in [-0.25, -0.2) is 8.42 Å². The molecule has 14 heteroatoms. The first-order valence-corrected chi connectivity index (χ1v) is 19.5. The van der Waals surface area contributed by atoms with Gasteiger partial charge in [-0.15, -0.1) is 0 Å². The van der Waals surface area contributed by atoms with E-state index in [-0.39, 0.29) is 55.5 Å². The molecule has 3 heterocycles. The average molecular weight is 729 g/mol. The second kappa shape index (κ2) is 16.1. The number of rotatable bonds is 17. The van der Waals surface area contributed by atoms with Gasteiger partial charge in [0.1, 0.15) is 6.09 Å². The number of nitrogens with one attached hydrogen (secondary N) is 1. The number of carbonyl (C=O) groups is 2. The maximum absolute atomic E-state index is 14.5. The molecule has 0 unspecified atom stereocenters. The third kappa shape index (κ3) is 8.79. The lowest BCUT2D eigenvalue weighted by atomic mass is 9.84. The molecule has 0 bridgehead atoms. The zero-order valence-corrected chi connectivity index (χ0v) is 30.2. The number of nitrogens with zero attached hydrogens (tertiary/aromatic N) is 2. The van der Waals surface area contributed by atoms with Crippen molar-refractivity contribution < 1.29 is 47.2 Å². The van der Waals surface area contributed by atoms with Crippen LogP contribution in [0.15, 0.2) is 53.4 Å². The van der Waals surface area contributed by atoms with Crippen LogP contribution >= 0.6 is 0 Å². The highest BCUT2D eigenvalue weighted by Gasteiger charge is 2.47. The lowest BCUT2D eigenvalue weighted by molar-refractivity contribution is -0.273.